The molecule has 3 N–H and O–H groups in total. The number of hydrogen-bond acceptors (Lipinski definition) is 4. The van der Waals surface area contributed by atoms with Crippen LogP contribution in [0.1, 0.15) is 17.5 Å². The van der Waals surface area contributed by atoms with Crippen LogP contribution in [0.15, 0.2) is 53.4 Å². The van der Waals surface area contributed by atoms with Crippen LogP contribution in [0, 0.1) is 0 Å². The second-order valence-corrected chi connectivity index (χ2v) is 8.40. The van der Waals surface area contributed by atoms with Gasteiger partial charge in [0.05, 0.1) is 5.02 Å². The molecule has 2 aromatic rings. The Morgan fingerprint density at radius 3 is 2.35 bits per heavy atom. The normalized spacial score (nSPS) is 11.8. The van der Waals surface area contributed by atoms with E-state index in [1.54, 1.807) is 18.2 Å². The van der Waals surface area contributed by atoms with Gasteiger partial charge in [0.1, 0.15) is 4.90 Å². The number of hydrogen-bond donors (Lipinski definition) is 2. The van der Waals surface area contributed by atoms with Crippen molar-refractivity contribution in [2.24, 2.45) is 5.73 Å². The van der Waals surface area contributed by atoms with Gasteiger partial charge >= 0.3 is 0 Å². The number of aryl methyl sites for hydroxylation is 1. The van der Waals surface area contributed by atoms with Gasteiger partial charge in [-0.3, -0.25) is 0 Å². The van der Waals surface area contributed by atoms with Crippen LogP contribution >= 0.6 is 11.6 Å². The van der Waals surface area contributed by atoms with Gasteiger partial charge in [-0.25, -0.2) is 13.1 Å². The van der Waals surface area contributed by atoms with E-state index in [-0.39, 0.29) is 9.92 Å². The van der Waals surface area contributed by atoms with Crippen LogP contribution in [0.4, 0.5) is 0 Å². The number of nitrogens with two attached hydrogens (primary N) is 1. The summed E-state index contributed by atoms with van der Waals surface area (Å²) in [7, 11) is -1.59. The third kappa shape index (κ3) is 6.37. The van der Waals surface area contributed by atoms with Crippen molar-refractivity contribution in [3.8, 4) is 0 Å². The van der Waals surface area contributed by atoms with Crippen molar-refractivity contribution in [1.29, 1.82) is 0 Å². The molecule has 0 heterocycles. The van der Waals surface area contributed by atoms with E-state index >= 15 is 0 Å². The zero-order valence-corrected chi connectivity index (χ0v) is 16.6. The molecule has 0 atom stereocenters. The van der Waals surface area contributed by atoms with E-state index in [0.29, 0.717) is 19.6 Å². The van der Waals surface area contributed by atoms with E-state index in [1.165, 1.54) is 11.6 Å². The predicted molar refractivity (Wildman–Crippen MR) is 107 cm³/mol. The van der Waals surface area contributed by atoms with Gasteiger partial charge in [0.25, 0.3) is 0 Å². The van der Waals surface area contributed by atoms with E-state index in [0.717, 1.165) is 24.9 Å². The van der Waals surface area contributed by atoms with Crippen LogP contribution in [0.3, 0.4) is 0 Å². The van der Waals surface area contributed by atoms with Gasteiger partial charge in [-0.15, -0.1) is 0 Å². The molecular formula is C19H26ClN3O2S. The molecule has 2 aromatic carbocycles. The summed E-state index contributed by atoms with van der Waals surface area (Å²) in [4.78, 5) is 2.23. The summed E-state index contributed by atoms with van der Waals surface area (Å²) in [6, 6.07) is 14.8. The van der Waals surface area contributed by atoms with E-state index in [4.69, 9.17) is 17.3 Å². The Morgan fingerprint density at radius 2 is 1.69 bits per heavy atom. The number of likely N-dealkylation sites (N-methyl/N-ethyl adjacent to an activating group) is 1. The number of nitrogens with one attached hydrogen (secondary N) is 1. The highest BCUT2D eigenvalue weighted by Gasteiger charge is 2.16. The van der Waals surface area contributed by atoms with Crippen LogP contribution in [-0.4, -0.2) is 40.0 Å². The maximum atomic E-state index is 12.3. The predicted octanol–water partition coefficient (Wildman–Crippen LogP) is 2.64. The van der Waals surface area contributed by atoms with E-state index < -0.39 is 10.0 Å². The fourth-order valence-electron chi connectivity index (χ4n) is 2.62. The molecule has 0 aliphatic rings. The SMILES string of the molecule is CN(CCCc1ccc(CN)cc1)CCNS(=O)(=O)c1ccccc1Cl. The van der Waals surface area contributed by atoms with Crippen molar-refractivity contribution in [2.75, 3.05) is 26.7 Å². The van der Waals surface area contributed by atoms with Gasteiger partial charge in [-0.2, -0.15) is 0 Å². The quantitative estimate of drug-likeness (QED) is 0.648. The number of nitrogens with zero attached hydrogens (tertiary/aromatic N) is 1. The van der Waals surface area contributed by atoms with Crippen molar-refractivity contribution in [1.82, 2.24) is 9.62 Å². The summed E-state index contributed by atoms with van der Waals surface area (Å²) >= 11 is 5.96. The van der Waals surface area contributed by atoms with Crippen LogP contribution in [-0.2, 0) is 23.0 Å². The fourth-order valence-corrected chi connectivity index (χ4v) is 4.16. The molecule has 0 aromatic heterocycles. The second kappa shape index (κ2) is 10.0. The molecule has 2 rings (SSSR count). The average molecular weight is 396 g/mol. The van der Waals surface area contributed by atoms with Gasteiger partial charge in [0.15, 0.2) is 0 Å². The fraction of sp³-hybridized carbons (Fsp3) is 0.368. The van der Waals surface area contributed by atoms with Crippen molar-refractivity contribution in [3.63, 3.8) is 0 Å². The highest BCUT2D eigenvalue weighted by molar-refractivity contribution is 7.89. The molecule has 0 saturated heterocycles. The molecule has 26 heavy (non-hydrogen) atoms. The lowest BCUT2D eigenvalue weighted by Gasteiger charge is -2.17. The van der Waals surface area contributed by atoms with Gasteiger partial charge in [0.2, 0.25) is 10.0 Å². The highest BCUT2D eigenvalue weighted by atomic mass is 35.5. The molecule has 0 fully saturated rings. The first-order valence-electron chi connectivity index (χ1n) is 8.63. The van der Waals surface area contributed by atoms with Crippen molar-refractivity contribution in [3.05, 3.63) is 64.7 Å². The smallest absolute Gasteiger partial charge is 0.242 e. The topological polar surface area (TPSA) is 75.4 Å². The molecule has 0 spiro atoms. The van der Waals surface area contributed by atoms with Crippen molar-refractivity contribution < 1.29 is 8.42 Å². The first kappa shape index (κ1) is 20.9. The van der Waals surface area contributed by atoms with Crippen molar-refractivity contribution in [2.45, 2.75) is 24.3 Å². The maximum Gasteiger partial charge on any atom is 0.242 e. The minimum Gasteiger partial charge on any atom is -0.326 e. The number of benzene rings is 2. The molecule has 0 amide bonds. The summed E-state index contributed by atoms with van der Waals surface area (Å²) in [6.45, 7) is 2.44. The molecule has 0 saturated carbocycles. The molecule has 142 valence electrons. The zero-order valence-electron chi connectivity index (χ0n) is 15.0. The summed E-state index contributed by atoms with van der Waals surface area (Å²) in [5.74, 6) is 0. The van der Waals surface area contributed by atoms with Gasteiger partial charge in [-0.05, 0) is 49.7 Å². The lowest BCUT2D eigenvalue weighted by Crippen LogP contribution is -2.33. The Labute approximate surface area is 161 Å². The summed E-state index contributed by atoms with van der Waals surface area (Å²) < 4.78 is 27.1. The minimum absolute atomic E-state index is 0.116. The number of halogens is 1. The lowest BCUT2D eigenvalue weighted by atomic mass is 10.1. The lowest BCUT2D eigenvalue weighted by molar-refractivity contribution is 0.334. The summed E-state index contributed by atoms with van der Waals surface area (Å²) in [5, 5.41) is 0.231. The highest BCUT2D eigenvalue weighted by Crippen LogP contribution is 2.19. The molecule has 7 heteroatoms. The molecule has 0 bridgehead atoms. The maximum absolute atomic E-state index is 12.3. The minimum atomic E-state index is -3.58. The average Bonchev–Trinajstić information content (AvgIpc) is 2.62. The number of rotatable bonds is 10. The number of sulfonamides is 1. The van der Waals surface area contributed by atoms with Gasteiger partial charge < -0.3 is 10.6 Å². The van der Waals surface area contributed by atoms with E-state index in [2.05, 4.69) is 33.9 Å². The van der Waals surface area contributed by atoms with Crippen molar-refractivity contribution >= 4 is 21.6 Å². The third-order valence-corrected chi connectivity index (χ3v) is 6.14. The third-order valence-electron chi connectivity index (χ3n) is 4.18. The standard InChI is InChI=1S/C19H26ClN3O2S/c1-23(13-4-5-16-8-10-17(15-21)11-9-16)14-12-22-26(24,25)19-7-3-2-6-18(19)20/h2-3,6-11,22H,4-5,12-15,21H2,1H3. The molecule has 0 unspecified atom stereocenters. The largest absolute Gasteiger partial charge is 0.326 e. The zero-order chi connectivity index (χ0) is 19.0. The van der Waals surface area contributed by atoms with Gasteiger partial charge in [0, 0.05) is 19.6 Å². The second-order valence-electron chi connectivity index (χ2n) is 6.26. The van der Waals surface area contributed by atoms with Crippen LogP contribution in [0.2, 0.25) is 5.02 Å². The van der Waals surface area contributed by atoms with Crippen LogP contribution < -0.4 is 10.5 Å². The molecule has 0 aliphatic heterocycles. The monoisotopic (exact) mass is 395 g/mol. The summed E-state index contributed by atoms with van der Waals surface area (Å²) in [6.07, 6.45) is 2.00. The van der Waals surface area contributed by atoms with Crippen LogP contribution in [0.5, 0.6) is 0 Å². The first-order valence-corrected chi connectivity index (χ1v) is 10.5. The Hall–Kier alpha value is -1.44. The Balaban J connectivity index is 1.71. The van der Waals surface area contributed by atoms with Crippen LogP contribution in [0.25, 0.3) is 0 Å². The molecule has 0 aliphatic carbocycles. The first-order chi connectivity index (χ1) is 12.4. The molecule has 5 nitrogen and oxygen atoms in total. The van der Waals surface area contributed by atoms with E-state index in [9.17, 15) is 8.42 Å². The Morgan fingerprint density at radius 1 is 1.04 bits per heavy atom. The molecule has 0 radical (unpaired) electrons. The Kier molecular flexibility index (Phi) is 8.06. The summed E-state index contributed by atoms with van der Waals surface area (Å²) in [5.41, 5.74) is 8.02. The van der Waals surface area contributed by atoms with Gasteiger partial charge in [-0.1, -0.05) is 48.0 Å². The Bertz CT molecular complexity index is 795. The van der Waals surface area contributed by atoms with E-state index in [1.807, 2.05) is 7.05 Å². The molecular weight excluding hydrogens is 370 g/mol.